The lowest BCUT2D eigenvalue weighted by molar-refractivity contribution is 0.155. The van der Waals surface area contributed by atoms with Crippen molar-refractivity contribution in [3.05, 3.63) is 12.2 Å². The molecule has 1 N–H and O–H groups in total. The Morgan fingerprint density at radius 2 is 2.14 bits per heavy atom. The summed E-state index contributed by atoms with van der Waals surface area (Å²) in [5, 5.41) is 9.13. The maximum absolute atomic E-state index is 9.13. The van der Waals surface area contributed by atoms with Crippen molar-refractivity contribution in [3.63, 3.8) is 0 Å². The third-order valence-electron chi connectivity index (χ3n) is 4.55. The molecule has 14 heavy (non-hydrogen) atoms. The second-order valence-corrected chi connectivity index (χ2v) is 5.42. The van der Waals surface area contributed by atoms with Gasteiger partial charge in [0.25, 0.3) is 0 Å². The van der Waals surface area contributed by atoms with Crippen LogP contribution in [0.3, 0.4) is 0 Å². The number of allylic oxidation sites excluding steroid dienone is 1. The summed E-state index contributed by atoms with van der Waals surface area (Å²) in [6.45, 7) is 6.58. The second-order valence-electron chi connectivity index (χ2n) is 5.42. The number of hydrogen-bond donors (Lipinski definition) is 1. The van der Waals surface area contributed by atoms with Gasteiger partial charge >= 0.3 is 0 Å². The van der Waals surface area contributed by atoms with Crippen molar-refractivity contribution in [2.75, 3.05) is 6.61 Å². The third-order valence-corrected chi connectivity index (χ3v) is 4.55. The van der Waals surface area contributed by atoms with Gasteiger partial charge in [0.2, 0.25) is 0 Å². The van der Waals surface area contributed by atoms with E-state index < -0.39 is 0 Å². The molecular weight excluding hydrogens is 172 g/mol. The van der Waals surface area contributed by atoms with Gasteiger partial charge in [0.1, 0.15) is 0 Å². The average molecular weight is 194 g/mol. The molecular formula is C13H22O. The first-order valence-corrected chi connectivity index (χ1v) is 5.94. The van der Waals surface area contributed by atoms with E-state index in [1.165, 1.54) is 37.7 Å². The fourth-order valence-electron chi connectivity index (χ4n) is 3.93. The Morgan fingerprint density at radius 3 is 2.50 bits per heavy atom. The summed E-state index contributed by atoms with van der Waals surface area (Å²) in [6, 6.07) is 0. The fourth-order valence-corrected chi connectivity index (χ4v) is 3.93. The van der Waals surface area contributed by atoms with Gasteiger partial charge in [0, 0.05) is 6.61 Å². The number of rotatable bonds is 4. The lowest BCUT2D eigenvalue weighted by Gasteiger charge is -2.36. The van der Waals surface area contributed by atoms with Crippen molar-refractivity contribution < 1.29 is 5.11 Å². The molecule has 0 aromatic heterocycles. The molecule has 80 valence electrons. The predicted octanol–water partition coefficient (Wildman–Crippen LogP) is 3.14. The first-order valence-electron chi connectivity index (χ1n) is 5.94. The Hall–Kier alpha value is -0.300. The summed E-state index contributed by atoms with van der Waals surface area (Å²) in [4.78, 5) is 0. The predicted molar refractivity (Wildman–Crippen MR) is 59.0 cm³/mol. The Morgan fingerprint density at radius 1 is 1.50 bits per heavy atom. The summed E-state index contributed by atoms with van der Waals surface area (Å²) in [5.41, 5.74) is 1.83. The Kier molecular flexibility index (Phi) is 2.70. The maximum Gasteiger partial charge on any atom is 0.0436 e. The number of hydrogen-bond acceptors (Lipinski definition) is 1. The molecule has 2 aliphatic carbocycles. The van der Waals surface area contributed by atoms with Crippen LogP contribution in [0.15, 0.2) is 12.2 Å². The quantitative estimate of drug-likeness (QED) is 0.682. The molecule has 1 heteroatoms. The molecule has 2 fully saturated rings. The van der Waals surface area contributed by atoms with Crippen LogP contribution >= 0.6 is 0 Å². The summed E-state index contributed by atoms with van der Waals surface area (Å²) >= 11 is 0. The standard InChI is InChI=1S/C13H22O/c1-10(2)12(5-8-14)13-6-3-11(9-13)4-7-13/h11-12,14H,1,3-9H2,2H3. The SMILES string of the molecule is C=C(C)C(CCO)C12CCC(CC1)C2. The molecule has 0 spiro atoms. The molecule has 2 rings (SSSR count). The first kappa shape index (κ1) is 10.2. The van der Waals surface area contributed by atoms with E-state index in [-0.39, 0.29) is 0 Å². The molecule has 2 bridgehead atoms. The highest BCUT2D eigenvalue weighted by atomic mass is 16.3. The smallest absolute Gasteiger partial charge is 0.0436 e. The van der Waals surface area contributed by atoms with Crippen molar-refractivity contribution in [1.82, 2.24) is 0 Å². The lowest BCUT2D eigenvalue weighted by Crippen LogP contribution is -2.27. The van der Waals surface area contributed by atoms with Gasteiger partial charge in [0.15, 0.2) is 0 Å². The molecule has 2 saturated carbocycles. The van der Waals surface area contributed by atoms with Gasteiger partial charge in [-0.3, -0.25) is 0 Å². The maximum atomic E-state index is 9.13. The number of fused-ring (bicyclic) bond motifs is 2. The molecule has 0 aromatic carbocycles. The highest BCUT2D eigenvalue weighted by Gasteiger charge is 2.49. The molecule has 0 aliphatic heterocycles. The average Bonchev–Trinajstić information content (AvgIpc) is 2.73. The van der Waals surface area contributed by atoms with Gasteiger partial charge in [-0.05, 0) is 62.7 Å². The van der Waals surface area contributed by atoms with Crippen LogP contribution in [0.2, 0.25) is 0 Å². The van der Waals surface area contributed by atoms with Crippen LogP contribution < -0.4 is 0 Å². The van der Waals surface area contributed by atoms with Gasteiger partial charge in [-0.1, -0.05) is 12.2 Å². The number of aliphatic hydroxyl groups is 1. The third kappa shape index (κ3) is 1.52. The van der Waals surface area contributed by atoms with E-state index in [1.807, 2.05) is 0 Å². The van der Waals surface area contributed by atoms with Crippen LogP contribution in [-0.4, -0.2) is 11.7 Å². The van der Waals surface area contributed by atoms with E-state index in [9.17, 15) is 0 Å². The molecule has 0 saturated heterocycles. The molecule has 0 aromatic rings. The van der Waals surface area contributed by atoms with Gasteiger partial charge in [-0.2, -0.15) is 0 Å². The lowest BCUT2D eigenvalue weighted by atomic mass is 9.69. The van der Waals surface area contributed by atoms with E-state index in [0.717, 1.165) is 12.3 Å². The fraction of sp³-hybridized carbons (Fsp3) is 0.846. The highest BCUT2D eigenvalue weighted by molar-refractivity contribution is 5.10. The summed E-state index contributed by atoms with van der Waals surface area (Å²) in [6.07, 6.45) is 7.96. The zero-order valence-corrected chi connectivity index (χ0v) is 9.26. The largest absolute Gasteiger partial charge is 0.396 e. The van der Waals surface area contributed by atoms with Crippen LogP contribution in [0.4, 0.5) is 0 Å². The van der Waals surface area contributed by atoms with Gasteiger partial charge in [-0.15, -0.1) is 0 Å². The zero-order valence-electron chi connectivity index (χ0n) is 9.26. The van der Waals surface area contributed by atoms with E-state index in [0.29, 0.717) is 17.9 Å². The second kappa shape index (κ2) is 3.69. The molecule has 1 atom stereocenters. The van der Waals surface area contributed by atoms with Gasteiger partial charge in [0.05, 0.1) is 0 Å². The Bertz CT molecular complexity index is 223. The van der Waals surface area contributed by atoms with E-state index in [1.54, 1.807) is 0 Å². The van der Waals surface area contributed by atoms with Crippen molar-refractivity contribution in [2.24, 2.45) is 17.3 Å². The molecule has 2 aliphatic rings. The summed E-state index contributed by atoms with van der Waals surface area (Å²) in [5.74, 6) is 1.58. The minimum Gasteiger partial charge on any atom is -0.396 e. The Balaban J connectivity index is 2.13. The molecule has 1 nitrogen and oxygen atoms in total. The molecule has 0 amide bonds. The normalized spacial score (nSPS) is 37.4. The summed E-state index contributed by atoms with van der Waals surface area (Å²) in [7, 11) is 0. The highest BCUT2D eigenvalue weighted by Crippen LogP contribution is 2.60. The summed E-state index contributed by atoms with van der Waals surface area (Å²) < 4.78 is 0. The Labute approximate surface area is 87.2 Å². The van der Waals surface area contributed by atoms with Crippen LogP contribution in [0, 0.1) is 17.3 Å². The van der Waals surface area contributed by atoms with E-state index in [4.69, 9.17) is 5.11 Å². The topological polar surface area (TPSA) is 20.2 Å². The van der Waals surface area contributed by atoms with Gasteiger partial charge in [-0.25, -0.2) is 0 Å². The van der Waals surface area contributed by atoms with Crippen molar-refractivity contribution in [3.8, 4) is 0 Å². The first-order chi connectivity index (χ1) is 6.68. The molecule has 0 heterocycles. The van der Waals surface area contributed by atoms with Crippen molar-refractivity contribution in [2.45, 2.75) is 45.4 Å². The van der Waals surface area contributed by atoms with Crippen LogP contribution in [0.25, 0.3) is 0 Å². The van der Waals surface area contributed by atoms with Crippen LogP contribution in [0.5, 0.6) is 0 Å². The van der Waals surface area contributed by atoms with Crippen LogP contribution in [-0.2, 0) is 0 Å². The minimum absolute atomic E-state index is 0.323. The molecule has 1 unspecified atom stereocenters. The van der Waals surface area contributed by atoms with Gasteiger partial charge < -0.3 is 5.11 Å². The number of aliphatic hydroxyl groups excluding tert-OH is 1. The minimum atomic E-state index is 0.323. The van der Waals surface area contributed by atoms with Crippen molar-refractivity contribution >= 4 is 0 Å². The monoisotopic (exact) mass is 194 g/mol. The zero-order chi connectivity index (χ0) is 10.2. The van der Waals surface area contributed by atoms with E-state index >= 15 is 0 Å². The van der Waals surface area contributed by atoms with Crippen molar-refractivity contribution in [1.29, 1.82) is 0 Å². The van der Waals surface area contributed by atoms with E-state index in [2.05, 4.69) is 13.5 Å². The van der Waals surface area contributed by atoms with Crippen LogP contribution in [0.1, 0.15) is 45.4 Å². The molecule has 0 radical (unpaired) electrons.